The minimum atomic E-state index is 0.0684. The van der Waals surface area contributed by atoms with Gasteiger partial charge in [0.2, 0.25) is 0 Å². The van der Waals surface area contributed by atoms with Crippen LogP contribution in [0.25, 0.3) is 11.1 Å². The molecule has 0 saturated carbocycles. The van der Waals surface area contributed by atoms with Gasteiger partial charge in [0.1, 0.15) is 5.82 Å². The first-order chi connectivity index (χ1) is 8.25. The van der Waals surface area contributed by atoms with Crippen molar-refractivity contribution in [1.29, 1.82) is 0 Å². The minimum Gasteiger partial charge on any atom is -0.369 e. The summed E-state index contributed by atoms with van der Waals surface area (Å²) in [5.74, 6) is 0.920. The van der Waals surface area contributed by atoms with Crippen molar-refractivity contribution in [3.63, 3.8) is 0 Å². The molecule has 1 N–H and O–H groups in total. The van der Waals surface area contributed by atoms with E-state index < -0.39 is 0 Å². The summed E-state index contributed by atoms with van der Waals surface area (Å²) in [6, 6.07) is 14.0. The molecule has 0 aliphatic carbocycles. The van der Waals surface area contributed by atoms with Gasteiger partial charge in [-0.05, 0) is 24.1 Å². The van der Waals surface area contributed by atoms with Crippen LogP contribution in [-0.2, 0) is 0 Å². The summed E-state index contributed by atoms with van der Waals surface area (Å²) < 4.78 is 1.81. The summed E-state index contributed by atoms with van der Waals surface area (Å²) in [6.45, 7) is 2.88. The molecule has 3 rings (SSSR count). The second-order valence-corrected chi connectivity index (χ2v) is 4.43. The van der Waals surface area contributed by atoms with Crippen LogP contribution in [0.1, 0.15) is 13.0 Å². The zero-order valence-corrected chi connectivity index (χ0v) is 9.68. The number of hydrogen-bond acceptors (Lipinski definition) is 2. The monoisotopic (exact) mass is 226 g/mol. The van der Waals surface area contributed by atoms with Crippen LogP contribution in [-0.4, -0.2) is 11.1 Å². The minimum absolute atomic E-state index is 0.0684. The molecule has 1 atom stereocenters. The van der Waals surface area contributed by atoms with E-state index in [1.54, 1.807) is 6.07 Å². The van der Waals surface area contributed by atoms with Crippen LogP contribution >= 0.6 is 0 Å². The fraction of sp³-hybridized carbons (Fsp3) is 0.214. The van der Waals surface area contributed by atoms with Crippen molar-refractivity contribution >= 4 is 5.82 Å². The quantitative estimate of drug-likeness (QED) is 0.810. The van der Waals surface area contributed by atoms with E-state index in [-0.39, 0.29) is 11.6 Å². The fourth-order valence-corrected chi connectivity index (χ4v) is 2.31. The molecule has 2 heterocycles. The second-order valence-electron chi connectivity index (χ2n) is 4.43. The summed E-state index contributed by atoms with van der Waals surface area (Å²) in [4.78, 5) is 12.0. The first-order valence-electron chi connectivity index (χ1n) is 5.81. The topological polar surface area (TPSA) is 34.0 Å². The molecule has 1 aromatic carbocycles. The predicted octanol–water partition coefficient (Wildman–Crippen LogP) is 2.50. The molecular weight excluding hydrogens is 212 g/mol. The molecular formula is C14H14N2O. The Morgan fingerprint density at radius 1 is 1.18 bits per heavy atom. The van der Waals surface area contributed by atoms with Gasteiger partial charge in [-0.25, -0.2) is 0 Å². The molecule has 2 aromatic rings. The largest absolute Gasteiger partial charge is 0.369 e. The number of benzene rings is 1. The lowest BCUT2D eigenvalue weighted by atomic mass is 10.1. The second kappa shape index (κ2) is 3.77. The molecule has 0 radical (unpaired) electrons. The summed E-state index contributed by atoms with van der Waals surface area (Å²) in [7, 11) is 0. The highest BCUT2D eigenvalue weighted by atomic mass is 16.1. The maximum Gasteiger partial charge on any atom is 0.253 e. The van der Waals surface area contributed by atoms with Gasteiger partial charge >= 0.3 is 0 Å². The zero-order valence-electron chi connectivity index (χ0n) is 9.68. The van der Waals surface area contributed by atoms with Crippen molar-refractivity contribution in [2.24, 2.45) is 0 Å². The summed E-state index contributed by atoms with van der Waals surface area (Å²) in [5.41, 5.74) is 2.12. The van der Waals surface area contributed by atoms with Gasteiger partial charge < -0.3 is 5.32 Å². The first kappa shape index (κ1) is 10.1. The molecule has 1 aliphatic rings. The molecule has 3 heteroatoms. The Balaban J connectivity index is 2.17. The van der Waals surface area contributed by atoms with Crippen molar-refractivity contribution in [3.05, 3.63) is 52.8 Å². The maximum atomic E-state index is 12.0. The Bertz CT molecular complexity index is 601. The van der Waals surface area contributed by atoms with E-state index in [0.29, 0.717) is 0 Å². The highest BCUT2D eigenvalue weighted by Gasteiger charge is 2.19. The Labute approximate surface area is 99.7 Å². The molecule has 0 spiro atoms. The molecule has 1 aliphatic heterocycles. The molecule has 3 nitrogen and oxygen atoms in total. The van der Waals surface area contributed by atoms with Gasteiger partial charge in [-0.1, -0.05) is 30.3 Å². The third kappa shape index (κ3) is 1.64. The number of aromatic nitrogens is 1. The number of anilines is 1. The normalized spacial score (nSPS) is 17.6. The predicted molar refractivity (Wildman–Crippen MR) is 69.3 cm³/mol. The van der Waals surface area contributed by atoms with Gasteiger partial charge in [0, 0.05) is 12.6 Å². The lowest BCUT2D eigenvalue weighted by Crippen LogP contribution is -2.19. The van der Waals surface area contributed by atoms with E-state index >= 15 is 0 Å². The zero-order chi connectivity index (χ0) is 11.8. The lowest BCUT2D eigenvalue weighted by Gasteiger charge is -2.08. The van der Waals surface area contributed by atoms with E-state index in [2.05, 4.69) is 5.32 Å². The Hall–Kier alpha value is -2.03. The summed E-state index contributed by atoms with van der Waals surface area (Å²) in [6.07, 6.45) is 0. The van der Waals surface area contributed by atoms with Crippen LogP contribution in [0.3, 0.4) is 0 Å². The smallest absolute Gasteiger partial charge is 0.253 e. The highest BCUT2D eigenvalue weighted by molar-refractivity contribution is 5.66. The Kier molecular flexibility index (Phi) is 2.25. The Morgan fingerprint density at radius 2 is 1.94 bits per heavy atom. The standard InChI is InChI=1S/C14H14N2O/c1-10-9-15-13-7-12(8-14(17)16(10)13)11-5-3-2-4-6-11/h2-8,10,15H,9H2,1H3. The van der Waals surface area contributed by atoms with Gasteiger partial charge in [-0.2, -0.15) is 0 Å². The molecule has 1 aromatic heterocycles. The lowest BCUT2D eigenvalue weighted by molar-refractivity contribution is 0.610. The molecule has 86 valence electrons. The number of rotatable bonds is 1. The van der Waals surface area contributed by atoms with E-state index in [1.807, 2.05) is 47.9 Å². The average Bonchev–Trinajstić information content (AvgIpc) is 2.73. The van der Waals surface area contributed by atoms with Crippen LogP contribution in [0, 0.1) is 0 Å². The van der Waals surface area contributed by atoms with Gasteiger partial charge in [-0.3, -0.25) is 9.36 Å². The van der Waals surface area contributed by atoms with Crippen LogP contribution in [0.5, 0.6) is 0 Å². The number of hydrogen-bond donors (Lipinski definition) is 1. The molecule has 0 bridgehead atoms. The van der Waals surface area contributed by atoms with Crippen molar-refractivity contribution in [3.8, 4) is 11.1 Å². The SMILES string of the molecule is CC1CNc2cc(-c3ccccc3)cc(=O)n21. The summed E-state index contributed by atoms with van der Waals surface area (Å²) >= 11 is 0. The van der Waals surface area contributed by atoms with Crippen LogP contribution in [0.4, 0.5) is 5.82 Å². The van der Waals surface area contributed by atoms with E-state index in [4.69, 9.17) is 0 Å². The van der Waals surface area contributed by atoms with Crippen LogP contribution in [0.15, 0.2) is 47.3 Å². The van der Waals surface area contributed by atoms with Crippen LogP contribution in [0.2, 0.25) is 0 Å². The van der Waals surface area contributed by atoms with Crippen molar-refractivity contribution in [2.75, 3.05) is 11.9 Å². The van der Waals surface area contributed by atoms with Gasteiger partial charge in [-0.15, -0.1) is 0 Å². The first-order valence-corrected chi connectivity index (χ1v) is 5.81. The van der Waals surface area contributed by atoms with Gasteiger partial charge in [0.25, 0.3) is 5.56 Å². The highest BCUT2D eigenvalue weighted by Crippen LogP contribution is 2.25. The van der Waals surface area contributed by atoms with Crippen molar-refractivity contribution < 1.29 is 0 Å². The van der Waals surface area contributed by atoms with Crippen molar-refractivity contribution in [2.45, 2.75) is 13.0 Å². The summed E-state index contributed by atoms with van der Waals surface area (Å²) in [5, 5.41) is 3.26. The Morgan fingerprint density at radius 3 is 2.71 bits per heavy atom. The van der Waals surface area contributed by atoms with E-state index in [9.17, 15) is 4.79 Å². The molecule has 0 fully saturated rings. The third-order valence-corrected chi connectivity index (χ3v) is 3.19. The number of nitrogens with zero attached hydrogens (tertiary/aromatic N) is 1. The van der Waals surface area contributed by atoms with E-state index in [1.165, 1.54) is 0 Å². The number of nitrogens with one attached hydrogen (secondary N) is 1. The fourth-order valence-electron chi connectivity index (χ4n) is 2.31. The van der Waals surface area contributed by atoms with Gasteiger partial charge in [0.05, 0.1) is 6.04 Å². The van der Waals surface area contributed by atoms with Gasteiger partial charge in [0.15, 0.2) is 0 Å². The average molecular weight is 226 g/mol. The molecule has 0 saturated heterocycles. The molecule has 1 unspecified atom stereocenters. The maximum absolute atomic E-state index is 12.0. The molecule has 17 heavy (non-hydrogen) atoms. The number of pyridine rings is 1. The third-order valence-electron chi connectivity index (χ3n) is 3.19. The molecule has 0 amide bonds. The van der Waals surface area contributed by atoms with Crippen LogP contribution < -0.4 is 10.9 Å². The number of fused-ring (bicyclic) bond motifs is 1. The van der Waals surface area contributed by atoms with Crippen molar-refractivity contribution in [1.82, 2.24) is 4.57 Å². The van der Waals surface area contributed by atoms with E-state index in [0.717, 1.165) is 23.5 Å².